The van der Waals surface area contributed by atoms with Crippen LogP contribution in [0.25, 0.3) is 11.0 Å². The molecule has 0 aliphatic carbocycles. The summed E-state index contributed by atoms with van der Waals surface area (Å²) in [4.78, 5) is 21.6. The number of aromatic amines is 1. The Morgan fingerprint density at radius 2 is 2.22 bits per heavy atom. The number of carbonyl (C=O) groups excluding carboxylic acids is 1. The maximum Gasteiger partial charge on any atom is 0.231 e. The van der Waals surface area contributed by atoms with Crippen LogP contribution in [0.5, 0.6) is 11.5 Å². The van der Waals surface area contributed by atoms with Crippen molar-refractivity contribution in [2.75, 3.05) is 18.7 Å². The fourth-order valence-corrected chi connectivity index (χ4v) is 3.90. The van der Waals surface area contributed by atoms with Crippen molar-refractivity contribution in [3.8, 4) is 11.5 Å². The molecule has 0 fully saturated rings. The van der Waals surface area contributed by atoms with E-state index in [1.165, 1.54) is 0 Å². The molecule has 2 aliphatic rings. The van der Waals surface area contributed by atoms with Crippen LogP contribution in [0.15, 0.2) is 24.4 Å². The van der Waals surface area contributed by atoms with Gasteiger partial charge >= 0.3 is 0 Å². The highest BCUT2D eigenvalue weighted by atomic mass is 35.5. The van der Waals surface area contributed by atoms with Crippen LogP contribution in [0.1, 0.15) is 18.2 Å². The molecule has 0 spiro atoms. The van der Waals surface area contributed by atoms with Crippen LogP contribution in [0.4, 0.5) is 11.4 Å². The summed E-state index contributed by atoms with van der Waals surface area (Å²) >= 11 is 6.42. The summed E-state index contributed by atoms with van der Waals surface area (Å²) in [5.74, 6) is 1.33. The van der Waals surface area contributed by atoms with Gasteiger partial charge in [-0.05, 0) is 18.2 Å². The second kappa shape index (κ2) is 6.06. The Labute approximate surface area is 160 Å². The van der Waals surface area contributed by atoms with Crippen molar-refractivity contribution < 1.29 is 14.3 Å². The zero-order valence-electron chi connectivity index (χ0n) is 14.6. The van der Waals surface area contributed by atoms with Gasteiger partial charge in [-0.3, -0.25) is 4.79 Å². The van der Waals surface area contributed by atoms with Gasteiger partial charge in [-0.25, -0.2) is 4.98 Å². The Morgan fingerprint density at radius 3 is 3.07 bits per heavy atom. The van der Waals surface area contributed by atoms with Gasteiger partial charge in [0.15, 0.2) is 11.5 Å². The van der Waals surface area contributed by atoms with E-state index in [0.29, 0.717) is 35.3 Å². The van der Waals surface area contributed by atoms with Gasteiger partial charge in [-0.15, -0.1) is 0 Å². The topological polar surface area (TPSA) is 79.5 Å². The zero-order valence-corrected chi connectivity index (χ0v) is 15.4. The maximum absolute atomic E-state index is 11.9. The minimum Gasteiger partial charge on any atom is -0.454 e. The maximum atomic E-state index is 11.9. The smallest absolute Gasteiger partial charge is 0.231 e. The number of ether oxygens (including phenoxy) is 2. The summed E-state index contributed by atoms with van der Waals surface area (Å²) in [5.41, 5.74) is 4.51. The van der Waals surface area contributed by atoms with Gasteiger partial charge in [-0.1, -0.05) is 11.6 Å². The van der Waals surface area contributed by atoms with Gasteiger partial charge in [0.25, 0.3) is 0 Å². The minimum atomic E-state index is 0.0721. The molecule has 1 amide bonds. The van der Waals surface area contributed by atoms with Crippen molar-refractivity contribution >= 4 is 39.9 Å². The van der Waals surface area contributed by atoms with Crippen molar-refractivity contribution in [3.63, 3.8) is 0 Å². The molecule has 0 radical (unpaired) electrons. The predicted molar refractivity (Wildman–Crippen MR) is 102 cm³/mol. The van der Waals surface area contributed by atoms with Crippen LogP contribution < -0.4 is 14.8 Å². The van der Waals surface area contributed by atoms with Crippen LogP contribution in [-0.4, -0.2) is 34.1 Å². The van der Waals surface area contributed by atoms with Crippen LogP contribution in [0.2, 0.25) is 5.02 Å². The van der Waals surface area contributed by atoms with Crippen LogP contribution in [-0.2, 0) is 17.8 Å². The second-order valence-corrected chi connectivity index (χ2v) is 7.04. The van der Waals surface area contributed by atoms with Gasteiger partial charge in [0, 0.05) is 49.3 Å². The van der Waals surface area contributed by atoms with E-state index in [0.717, 1.165) is 34.4 Å². The molecule has 27 heavy (non-hydrogen) atoms. The summed E-state index contributed by atoms with van der Waals surface area (Å²) in [5, 5.41) is 4.90. The Kier molecular flexibility index (Phi) is 3.65. The first-order valence-corrected chi connectivity index (χ1v) is 9.08. The van der Waals surface area contributed by atoms with Crippen LogP contribution in [0, 0.1) is 0 Å². The second-order valence-electron chi connectivity index (χ2n) is 6.64. The Bertz CT molecular complexity index is 1080. The van der Waals surface area contributed by atoms with Crippen LogP contribution >= 0.6 is 11.6 Å². The molecule has 2 N–H and O–H groups in total. The lowest BCUT2D eigenvalue weighted by atomic mass is 10.0. The van der Waals surface area contributed by atoms with Crippen molar-refractivity contribution in [3.05, 3.63) is 40.7 Å². The van der Waals surface area contributed by atoms with E-state index >= 15 is 0 Å². The molecule has 1 aromatic carbocycles. The van der Waals surface area contributed by atoms with Crippen molar-refractivity contribution in [1.82, 2.24) is 14.9 Å². The number of carbonyl (C=O) groups is 1. The first-order chi connectivity index (χ1) is 13.1. The number of hydrogen-bond donors (Lipinski definition) is 2. The molecule has 8 heteroatoms. The lowest BCUT2D eigenvalue weighted by molar-refractivity contribution is -0.129. The average Bonchev–Trinajstić information content (AvgIpc) is 3.28. The molecule has 0 unspecified atom stereocenters. The SMILES string of the molecule is CC(=O)N1CCc2[nH]c3nccc(Nc4c(Cl)ccc5c4OCO5)c3c2C1. The Hall–Kier alpha value is -2.93. The van der Waals surface area contributed by atoms with Gasteiger partial charge < -0.3 is 24.7 Å². The lowest BCUT2D eigenvalue weighted by Crippen LogP contribution is -2.34. The van der Waals surface area contributed by atoms with E-state index in [-0.39, 0.29) is 12.7 Å². The summed E-state index contributed by atoms with van der Waals surface area (Å²) in [6, 6.07) is 5.47. The number of rotatable bonds is 2. The highest BCUT2D eigenvalue weighted by Crippen LogP contribution is 2.45. The fourth-order valence-electron chi connectivity index (χ4n) is 3.71. The molecule has 0 bridgehead atoms. The molecular weight excluding hydrogens is 368 g/mol. The molecule has 138 valence electrons. The highest BCUT2D eigenvalue weighted by molar-refractivity contribution is 6.34. The molecule has 5 rings (SSSR count). The minimum absolute atomic E-state index is 0.0721. The molecule has 7 nitrogen and oxygen atoms in total. The van der Waals surface area contributed by atoms with Gasteiger partial charge in [0.2, 0.25) is 12.7 Å². The number of aromatic nitrogens is 2. The van der Waals surface area contributed by atoms with Gasteiger partial charge in [0.1, 0.15) is 11.3 Å². The Balaban J connectivity index is 1.62. The number of nitrogens with zero attached hydrogens (tertiary/aromatic N) is 2. The molecule has 0 saturated carbocycles. The van der Waals surface area contributed by atoms with E-state index in [1.54, 1.807) is 25.3 Å². The molecule has 3 aromatic rings. The molecule has 2 aliphatic heterocycles. The summed E-state index contributed by atoms with van der Waals surface area (Å²) in [7, 11) is 0. The standard InChI is InChI=1S/C19H17ClN4O3/c1-10(25)24-7-5-13-11(8-24)16-14(4-6-21-19(16)23-13)22-17-12(20)2-3-15-18(17)27-9-26-15/h2-4,6H,5,7-9H2,1H3,(H2,21,22,23). The summed E-state index contributed by atoms with van der Waals surface area (Å²) < 4.78 is 11.0. The van der Waals surface area contributed by atoms with E-state index in [1.807, 2.05) is 11.0 Å². The number of amides is 1. The van der Waals surface area contributed by atoms with E-state index in [2.05, 4.69) is 15.3 Å². The third-order valence-electron chi connectivity index (χ3n) is 5.06. The summed E-state index contributed by atoms with van der Waals surface area (Å²) in [6.45, 7) is 3.04. The molecule has 0 saturated heterocycles. The van der Waals surface area contributed by atoms with Crippen molar-refractivity contribution in [2.24, 2.45) is 0 Å². The number of nitrogens with one attached hydrogen (secondary N) is 2. The predicted octanol–water partition coefficient (Wildman–Crippen LogP) is 3.59. The highest BCUT2D eigenvalue weighted by Gasteiger charge is 2.26. The van der Waals surface area contributed by atoms with Crippen molar-refractivity contribution in [1.29, 1.82) is 0 Å². The number of hydrogen-bond acceptors (Lipinski definition) is 5. The molecule has 4 heterocycles. The molecule has 2 aromatic heterocycles. The lowest BCUT2D eigenvalue weighted by Gasteiger charge is -2.26. The number of anilines is 2. The number of benzene rings is 1. The number of pyridine rings is 1. The fraction of sp³-hybridized carbons (Fsp3) is 0.263. The first-order valence-electron chi connectivity index (χ1n) is 8.71. The third kappa shape index (κ3) is 2.57. The third-order valence-corrected chi connectivity index (χ3v) is 5.38. The quantitative estimate of drug-likeness (QED) is 0.705. The van der Waals surface area contributed by atoms with Gasteiger partial charge in [0.05, 0.1) is 10.7 Å². The van der Waals surface area contributed by atoms with Crippen molar-refractivity contribution in [2.45, 2.75) is 19.9 Å². The number of halogens is 1. The molecule has 0 atom stereocenters. The zero-order chi connectivity index (χ0) is 18.5. The van der Waals surface area contributed by atoms with E-state index in [4.69, 9.17) is 21.1 Å². The van der Waals surface area contributed by atoms with Crippen LogP contribution in [0.3, 0.4) is 0 Å². The van der Waals surface area contributed by atoms with E-state index < -0.39 is 0 Å². The largest absolute Gasteiger partial charge is 0.454 e. The van der Waals surface area contributed by atoms with Gasteiger partial charge in [-0.2, -0.15) is 0 Å². The number of H-pyrrole nitrogens is 1. The average molecular weight is 385 g/mol. The normalized spacial score (nSPS) is 15.1. The first kappa shape index (κ1) is 16.3. The number of fused-ring (bicyclic) bond motifs is 4. The summed E-state index contributed by atoms with van der Waals surface area (Å²) in [6.07, 6.45) is 2.52. The Morgan fingerprint density at radius 1 is 1.33 bits per heavy atom. The molecular formula is C19H17ClN4O3. The van der Waals surface area contributed by atoms with E-state index in [9.17, 15) is 4.79 Å². The monoisotopic (exact) mass is 384 g/mol.